The van der Waals surface area contributed by atoms with E-state index in [9.17, 15) is 9.18 Å². The molecule has 0 saturated carbocycles. The number of thiophene rings is 1. The van der Waals surface area contributed by atoms with Crippen molar-refractivity contribution in [3.05, 3.63) is 51.9 Å². The fraction of sp³-hybridized carbons (Fsp3) is 0.409. The molecule has 2 heterocycles. The molecule has 3 aromatic rings. The molecule has 0 aliphatic heterocycles. The third-order valence-electron chi connectivity index (χ3n) is 4.99. The normalized spacial score (nSPS) is 13.3. The first-order valence-electron chi connectivity index (χ1n) is 10.2. The van der Waals surface area contributed by atoms with Crippen molar-refractivity contribution in [3.63, 3.8) is 0 Å². The Labute approximate surface area is 183 Å². The first-order chi connectivity index (χ1) is 14.6. The van der Waals surface area contributed by atoms with E-state index in [2.05, 4.69) is 5.32 Å². The number of rotatable bonds is 8. The summed E-state index contributed by atoms with van der Waals surface area (Å²) in [6.07, 6.45) is 4.56. The van der Waals surface area contributed by atoms with Crippen LogP contribution in [0.15, 0.2) is 24.3 Å². The zero-order valence-corrected chi connectivity index (χ0v) is 18.5. The average molecular weight is 446 g/mol. The summed E-state index contributed by atoms with van der Waals surface area (Å²) in [5, 5.41) is 4.57. The maximum Gasteiger partial charge on any atom is 0.315 e. The van der Waals surface area contributed by atoms with Crippen molar-refractivity contribution < 1.29 is 13.9 Å². The number of ether oxygens (including phenoxy) is 1. The maximum atomic E-state index is 13.2. The van der Waals surface area contributed by atoms with Gasteiger partial charge in [-0.2, -0.15) is 0 Å². The fourth-order valence-corrected chi connectivity index (χ4v) is 5.55. The second-order valence-corrected chi connectivity index (χ2v) is 9.23. The predicted molar refractivity (Wildman–Crippen MR) is 121 cm³/mol. The fourth-order valence-electron chi connectivity index (χ4n) is 3.61. The van der Waals surface area contributed by atoms with Gasteiger partial charge in [0.2, 0.25) is 0 Å². The molecule has 0 radical (unpaired) electrons. The molecule has 1 N–H and O–H groups in total. The molecule has 0 fully saturated rings. The zero-order chi connectivity index (χ0) is 20.9. The van der Waals surface area contributed by atoms with Gasteiger partial charge in [-0.3, -0.25) is 4.79 Å². The number of hydrogen-bond donors (Lipinski definition) is 1. The lowest BCUT2D eigenvalue weighted by Gasteiger charge is -2.13. The van der Waals surface area contributed by atoms with Crippen LogP contribution in [0.5, 0.6) is 0 Å². The lowest BCUT2D eigenvalue weighted by atomic mass is 9.97. The van der Waals surface area contributed by atoms with Gasteiger partial charge in [0.25, 0.3) is 0 Å². The van der Waals surface area contributed by atoms with Gasteiger partial charge in [-0.1, -0.05) is 12.1 Å². The van der Waals surface area contributed by atoms with E-state index in [0.717, 1.165) is 34.4 Å². The summed E-state index contributed by atoms with van der Waals surface area (Å²) in [5.41, 5.74) is 2.36. The van der Waals surface area contributed by atoms with Gasteiger partial charge in [-0.15, -0.1) is 23.1 Å². The number of nitrogens with zero attached hydrogens (tertiary/aromatic N) is 2. The molecule has 2 aromatic heterocycles. The molecule has 0 bridgehead atoms. The zero-order valence-electron chi connectivity index (χ0n) is 16.9. The van der Waals surface area contributed by atoms with E-state index in [-0.39, 0.29) is 17.5 Å². The third kappa shape index (κ3) is 4.92. The number of carbonyl (C=O) groups excluding carboxylic acids is 1. The Balaban J connectivity index is 1.58. The molecule has 0 amide bonds. The summed E-state index contributed by atoms with van der Waals surface area (Å²) in [6.45, 7) is 2.75. The molecular formula is C22H24FN3O2S2. The SMILES string of the molecule is CCOC(=O)CSCc1nc(NCc2ccc(F)cc2)c2c3c(sc2n1)CCCC3. The number of esters is 1. The molecule has 0 unspecified atom stereocenters. The van der Waals surface area contributed by atoms with Crippen molar-refractivity contribution >= 4 is 45.1 Å². The van der Waals surface area contributed by atoms with Crippen LogP contribution in [0.2, 0.25) is 0 Å². The number of fused-ring (bicyclic) bond motifs is 3. The second kappa shape index (κ2) is 9.75. The van der Waals surface area contributed by atoms with Gasteiger partial charge in [-0.25, -0.2) is 14.4 Å². The number of aryl methyl sites for hydroxylation is 2. The smallest absolute Gasteiger partial charge is 0.315 e. The first kappa shape index (κ1) is 21.1. The van der Waals surface area contributed by atoms with Crippen LogP contribution in [0.4, 0.5) is 10.2 Å². The van der Waals surface area contributed by atoms with Gasteiger partial charge in [0.15, 0.2) is 0 Å². The molecule has 0 spiro atoms. The van der Waals surface area contributed by atoms with E-state index in [1.165, 1.54) is 47.2 Å². The van der Waals surface area contributed by atoms with E-state index in [1.807, 2.05) is 0 Å². The van der Waals surface area contributed by atoms with Crippen LogP contribution >= 0.6 is 23.1 Å². The van der Waals surface area contributed by atoms with Crippen LogP contribution in [0, 0.1) is 5.82 Å². The van der Waals surface area contributed by atoms with Crippen LogP contribution in [0.1, 0.15) is 41.6 Å². The largest absolute Gasteiger partial charge is 0.465 e. The molecule has 0 atom stereocenters. The number of carbonyl (C=O) groups is 1. The number of aromatic nitrogens is 2. The number of halogens is 1. The highest BCUT2D eigenvalue weighted by molar-refractivity contribution is 7.99. The third-order valence-corrected chi connectivity index (χ3v) is 7.08. The average Bonchev–Trinajstić information content (AvgIpc) is 3.12. The van der Waals surface area contributed by atoms with E-state index in [0.29, 0.717) is 24.7 Å². The van der Waals surface area contributed by atoms with E-state index >= 15 is 0 Å². The Kier molecular flexibility index (Phi) is 6.84. The Bertz CT molecular complexity index is 1040. The van der Waals surface area contributed by atoms with Crippen LogP contribution < -0.4 is 5.32 Å². The highest BCUT2D eigenvalue weighted by atomic mass is 32.2. The molecule has 5 nitrogen and oxygen atoms in total. The number of thioether (sulfide) groups is 1. The van der Waals surface area contributed by atoms with Crippen LogP contribution in [-0.2, 0) is 34.7 Å². The monoisotopic (exact) mass is 445 g/mol. The summed E-state index contributed by atoms with van der Waals surface area (Å²) >= 11 is 3.22. The van der Waals surface area contributed by atoms with Crippen molar-refractivity contribution in [3.8, 4) is 0 Å². The van der Waals surface area contributed by atoms with Gasteiger partial charge in [0.05, 0.1) is 23.5 Å². The second-order valence-electron chi connectivity index (χ2n) is 7.16. The van der Waals surface area contributed by atoms with Gasteiger partial charge >= 0.3 is 5.97 Å². The van der Waals surface area contributed by atoms with Gasteiger partial charge in [-0.05, 0) is 55.9 Å². The predicted octanol–water partition coefficient (Wildman–Crippen LogP) is 5.12. The van der Waals surface area contributed by atoms with Crippen molar-refractivity contribution in [2.75, 3.05) is 17.7 Å². The Morgan fingerprint density at radius 2 is 2.03 bits per heavy atom. The van der Waals surface area contributed by atoms with Crippen molar-refractivity contribution in [1.29, 1.82) is 0 Å². The lowest BCUT2D eigenvalue weighted by molar-refractivity contribution is -0.139. The number of nitrogens with one attached hydrogen (secondary N) is 1. The summed E-state index contributed by atoms with van der Waals surface area (Å²) in [5.74, 6) is 1.91. The maximum absolute atomic E-state index is 13.2. The number of hydrogen-bond acceptors (Lipinski definition) is 7. The van der Waals surface area contributed by atoms with Crippen molar-refractivity contribution in [1.82, 2.24) is 9.97 Å². The number of anilines is 1. The van der Waals surface area contributed by atoms with Crippen LogP contribution in [0.25, 0.3) is 10.2 Å². The van der Waals surface area contributed by atoms with E-state index in [4.69, 9.17) is 14.7 Å². The molecular weight excluding hydrogens is 421 g/mol. The highest BCUT2D eigenvalue weighted by Gasteiger charge is 2.21. The summed E-state index contributed by atoms with van der Waals surface area (Å²) in [7, 11) is 0. The highest BCUT2D eigenvalue weighted by Crippen LogP contribution is 2.39. The first-order valence-corrected chi connectivity index (χ1v) is 12.1. The number of benzene rings is 1. The Morgan fingerprint density at radius 3 is 2.83 bits per heavy atom. The Morgan fingerprint density at radius 1 is 1.23 bits per heavy atom. The van der Waals surface area contributed by atoms with Gasteiger partial charge < -0.3 is 10.1 Å². The molecule has 1 aliphatic rings. The molecule has 0 saturated heterocycles. The minimum atomic E-state index is -0.240. The summed E-state index contributed by atoms with van der Waals surface area (Å²) < 4.78 is 18.2. The van der Waals surface area contributed by atoms with Gasteiger partial charge in [0, 0.05) is 11.4 Å². The molecule has 1 aliphatic carbocycles. The van der Waals surface area contributed by atoms with Gasteiger partial charge in [0.1, 0.15) is 22.3 Å². The van der Waals surface area contributed by atoms with Crippen molar-refractivity contribution in [2.45, 2.75) is 44.9 Å². The Hall–Kier alpha value is -2.19. The standard InChI is InChI=1S/C22H24FN3O2S2/c1-2-28-19(27)13-29-12-18-25-21(24-11-14-7-9-15(23)10-8-14)20-16-5-3-4-6-17(16)30-22(20)26-18/h7-10H,2-6,11-13H2,1H3,(H,24,25,26). The summed E-state index contributed by atoms with van der Waals surface area (Å²) in [6, 6.07) is 6.49. The van der Waals surface area contributed by atoms with Crippen LogP contribution in [-0.4, -0.2) is 28.3 Å². The lowest BCUT2D eigenvalue weighted by Crippen LogP contribution is -2.08. The molecule has 30 heavy (non-hydrogen) atoms. The molecule has 8 heteroatoms. The topological polar surface area (TPSA) is 64.1 Å². The van der Waals surface area contributed by atoms with Crippen molar-refractivity contribution in [2.24, 2.45) is 0 Å². The summed E-state index contributed by atoms with van der Waals surface area (Å²) in [4.78, 5) is 23.6. The molecule has 1 aromatic carbocycles. The van der Waals surface area contributed by atoms with E-state index in [1.54, 1.807) is 30.4 Å². The quantitative estimate of drug-likeness (QED) is 0.486. The molecule has 158 valence electrons. The van der Waals surface area contributed by atoms with E-state index < -0.39 is 0 Å². The minimum Gasteiger partial charge on any atom is -0.465 e. The molecule has 4 rings (SSSR count). The van der Waals surface area contributed by atoms with Crippen LogP contribution in [0.3, 0.4) is 0 Å². The minimum absolute atomic E-state index is 0.218.